The van der Waals surface area contributed by atoms with Gasteiger partial charge in [0.05, 0.1) is 11.3 Å². The van der Waals surface area contributed by atoms with Crippen LogP contribution in [0.2, 0.25) is 0 Å². The summed E-state index contributed by atoms with van der Waals surface area (Å²) in [5, 5.41) is 11.9. The highest BCUT2D eigenvalue weighted by molar-refractivity contribution is 5.74. The average molecular weight is 157 g/mol. The van der Waals surface area contributed by atoms with Crippen molar-refractivity contribution in [1.29, 1.82) is 5.26 Å². The molecule has 0 spiro atoms. The van der Waals surface area contributed by atoms with Crippen molar-refractivity contribution >= 4 is 11.8 Å². The summed E-state index contributed by atoms with van der Waals surface area (Å²) >= 11 is 0. The fourth-order valence-corrected chi connectivity index (χ4v) is 1.23. The van der Waals surface area contributed by atoms with Gasteiger partial charge in [-0.3, -0.25) is 4.98 Å². The van der Waals surface area contributed by atoms with Crippen molar-refractivity contribution < 1.29 is 0 Å². The van der Waals surface area contributed by atoms with Crippen molar-refractivity contribution in [3.8, 4) is 6.07 Å². The Balaban J connectivity index is 2.63. The predicted octanol–water partition coefficient (Wildman–Crippen LogP) is 1.39. The van der Waals surface area contributed by atoms with Gasteiger partial charge < -0.3 is 5.32 Å². The maximum absolute atomic E-state index is 8.74. The molecule has 0 saturated carbocycles. The second-order valence-electron chi connectivity index (χ2n) is 2.55. The minimum Gasteiger partial charge on any atom is -0.380 e. The summed E-state index contributed by atoms with van der Waals surface area (Å²) in [7, 11) is 0. The van der Waals surface area contributed by atoms with Crippen LogP contribution >= 0.6 is 0 Å². The monoisotopic (exact) mass is 157 g/mol. The normalized spacial score (nSPS) is 12.9. The number of aromatic nitrogens is 1. The highest BCUT2D eigenvalue weighted by atomic mass is 14.9. The molecule has 0 saturated heterocycles. The van der Waals surface area contributed by atoms with Crippen molar-refractivity contribution in [1.82, 2.24) is 4.98 Å². The topological polar surface area (TPSA) is 48.7 Å². The van der Waals surface area contributed by atoms with Crippen LogP contribution in [0.3, 0.4) is 0 Å². The van der Waals surface area contributed by atoms with Gasteiger partial charge in [-0.2, -0.15) is 5.26 Å². The van der Waals surface area contributed by atoms with Crippen LogP contribution in [0.1, 0.15) is 11.1 Å². The minimum absolute atomic E-state index is 0.608. The Kier molecular flexibility index (Phi) is 1.52. The van der Waals surface area contributed by atoms with Crippen molar-refractivity contribution in [2.75, 3.05) is 11.9 Å². The predicted molar refractivity (Wildman–Crippen MR) is 46.5 cm³/mol. The molecule has 0 unspecified atom stereocenters. The summed E-state index contributed by atoms with van der Waals surface area (Å²) in [6.07, 6.45) is 7.30. The minimum atomic E-state index is 0.608. The van der Waals surface area contributed by atoms with E-state index in [1.54, 1.807) is 12.4 Å². The van der Waals surface area contributed by atoms with Crippen molar-refractivity contribution in [2.24, 2.45) is 0 Å². The smallest absolute Gasteiger partial charge is 0.103 e. The number of nitriles is 1. The van der Waals surface area contributed by atoms with Gasteiger partial charge in [-0.1, -0.05) is 12.2 Å². The third-order valence-corrected chi connectivity index (χ3v) is 1.79. The first kappa shape index (κ1) is 6.86. The fourth-order valence-electron chi connectivity index (χ4n) is 1.23. The van der Waals surface area contributed by atoms with E-state index in [2.05, 4.69) is 16.4 Å². The zero-order valence-corrected chi connectivity index (χ0v) is 6.41. The van der Waals surface area contributed by atoms with Gasteiger partial charge in [-0.25, -0.2) is 0 Å². The van der Waals surface area contributed by atoms with E-state index in [0.29, 0.717) is 5.56 Å². The van der Waals surface area contributed by atoms with E-state index in [4.69, 9.17) is 5.26 Å². The number of fused-ring (bicyclic) bond motifs is 1. The van der Waals surface area contributed by atoms with Gasteiger partial charge in [0.25, 0.3) is 0 Å². The number of hydrogen-bond acceptors (Lipinski definition) is 3. The maximum atomic E-state index is 8.74. The average Bonchev–Trinajstić information content (AvgIpc) is 2.17. The molecule has 1 aliphatic rings. The van der Waals surface area contributed by atoms with Crippen molar-refractivity contribution in [3.05, 3.63) is 29.6 Å². The molecule has 3 heteroatoms. The second-order valence-corrected chi connectivity index (χ2v) is 2.55. The molecule has 2 heterocycles. The molecule has 0 amide bonds. The Bertz CT molecular complexity index is 374. The molecule has 2 rings (SSSR count). The summed E-state index contributed by atoms with van der Waals surface area (Å²) < 4.78 is 0. The fraction of sp³-hybridized carbons (Fsp3) is 0.111. The Labute approximate surface area is 70.4 Å². The van der Waals surface area contributed by atoms with Gasteiger partial charge in [0.2, 0.25) is 0 Å². The highest BCUT2D eigenvalue weighted by Crippen LogP contribution is 2.22. The van der Waals surface area contributed by atoms with E-state index in [1.807, 2.05) is 12.2 Å². The summed E-state index contributed by atoms with van der Waals surface area (Å²) in [5.41, 5.74) is 2.49. The number of hydrogen-bond donors (Lipinski definition) is 1. The molecule has 12 heavy (non-hydrogen) atoms. The molecule has 0 radical (unpaired) electrons. The molecule has 0 atom stereocenters. The van der Waals surface area contributed by atoms with E-state index >= 15 is 0 Å². The quantitative estimate of drug-likeness (QED) is 0.619. The first-order chi connectivity index (χ1) is 5.92. The van der Waals surface area contributed by atoms with E-state index in [9.17, 15) is 0 Å². The van der Waals surface area contributed by atoms with Gasteiger partial charge in [-0.15, -0.1) is 0 Å². The summed E-state index contributed by atoms with van der Waals surface area (Å²) in [5.74, 6) is 0. The zero-order chi connectivity index (χ0) is 8.39. The third kappa shape index (κ3) is 0.940. The van der Waals surface area contributed by atoms with Gasteiger partial charge in [0.15, 0.2) is 0 Å². The summed E-state index contributed by atoms with van der Waals surface area (Å²) in [4.78, 5) is 3.96. The lowest BCUT2D eigenvalue weighted by Crippen LogP contribution is -2.06. The van der Waals surface area contributed by atoms with Gasteiger partial charge in [-0.05, 0) is 0 Å². The third-order valence-electron chi connectivity index (χ3n) is 1.79. The van der Waals surface area contributed by atoms with Crippen molar-refractivity contribution in [3.63, 3.8) is 0 Å². The zero-order valence-electron chi connectivity index (χ0n) is 6.41. The molecular weight excluding hydrogens is 150 g/mol. The molecule has 0 aromatic carbocycles. The van der Waals surface area contributed by atoms with Crippen LogP contribution in [0.4, 0.5) is 5.69 Å². The lowest BCUT2D eigenvalue weighted by atomic mass is 10.1. The molecule has 58 valence electrons. The molecule has 3 nitrogen and oxygen atoms in total. The Morgan fingerprint density at radius 1 is 1.50 bits per heavy atom. The van der Waals surface area contributed by atoms with Crippen LogP contribution in [0.15, 0.2) is 18.5 Å². The number of anilines is 1. The van der Waals surface area contributed by atoms with Gasteiger partial charge in [0, 0.05) is 24.5 Å². The van der Waals surface area contributed by atoms with E-state index in [0.717, 1.165) is 17.8 Å². The number of rotatable bonds is 0. The van der Waals surface area contributed by atoms with Gasteiger partial charge in [0.1, 0.15) is 6.07 Å². The molecule has 0 bridgehead atoms. The van der Waals surface area contributed by atoms with Crippen LogP contribution in [-0.2, 0) is 0 Å². The number of nitrogens with one attached hydrogen (secondary N) is 1. The van der Waals surface area contributed by atoms with E-state index in [1.165, 1.54) is 0 Å². The first-order valence-electron chi connectivity index (χ1n) is 3.70. The molecule has 1 aromatic heterocycles. The Hall–Kier alpha value is -1.82. The Morgan fingerprint density at radius 3 is 3.25 bits per heavy atom. The lowest BCUT2D eigenvalue weighted by Gasteiger charge is -2.12. The number of pyridine rings is 1. The van der Waals surface area contributed by atoms with Crippen LogP contribution in [-0.4, -0.2) is 11.5 Å². The summed E-state index contributed by atoms with van der Waals surface area (Å²) in [6.45, 7) is 0.783. The van der Waals surface area contributed by atoms with E-state index < -0.39 is 0 Å². The maximum Gasteiger partial charge on any atom is 0.103 e. The molecule has 1 aromatic rings. The van der Waals surface area contributed by atoms with Crippen LogP contribution in [0, 0.1) is 11.3 Å². The number of nitrogens with zero attached hydrogens (tertiary/aromatic N) is 2. The highest BCUT2D eigenvalue weighted by Gasteiger charge is 2.07. The lowest BCUT2D eigenvalue weighted by molar-refractivity contribution is 1.23. The van der Waals surface area contributed by atoms with Crippen LogP contribution in [0.25, 0.3) is 6.08 Å². The SMILES string of the molecule is N#Cc1cncc2c1NCC=C2. The molecule has 0 fully saturated rings. The molecule has 1 aliphatic heterocycles. The second kappa shape index (κ2) is 2.67. The largest absolute Gasteiger partial charge is 0.380 e. The molecular formula is C9H7N3. The van der Waals surface area contributed by atoms with Crippen molar-refractivity contribution in [2.45, 2.75) is 0 Å². The Morgan fingerprint density at radius 2 is 2.42 bits per heavy atom. The molecule has 1 N–H and O–H groups in total. The summed E-state index contributed by atoms with van der Waals surface area (Å²) in [6, 6.07) is 2.10. The van der Waals surface area contributed by atoms with Crippen LogP contribution in [0.5, 0.6) is 0 Å². The van der Waals surface area contributed by atoms with E-state index in [-0.39, 0.29) is 0 Å². The van der Waals surface area contributed by atoms with Crippen LogP contribution < -0.4 is 5.32 Å². The molecule has 0 aliphatic carbocycles. The first-order valence-corrected chi connectivity index (χ1v) is 3.70. The van der Waals surface area contributed by atoms with Gasteiger partial charge >= 0.3 is 0 Å². The standard InChI is InChI=1S/C9H7N3/c10-4-8-6-11-5-7-2-1-3-12-9(7)8/h1-2,5-6,12H,3H2.